The maximum atomic E-state index is 5.93. The first-order valence-corrected chi connectivity index (χ1v) is 5.77. The maximum absolute atomic E-state index is 5.93. The van der Waals surface area contributed by atoms with Gasteiger partial charge in [0.25, 0.3) is 0 Å². The predicted molar refractivity (Wildman–Crippen MR) is 60.4 cm³/mol. The first-order valence-electron chi connectivity index (χ1n) is 5.40. The second-order valence-electron chi connectivity index (χ2n) is 3.78. The van der Waals surface area contributed by atoms with E-state index in [0.717, 1.165) is 24.8 Å². The third-order valence-corrected chi connectivity index (χ3v) is 2.96. The average Bonchev–Trinajstić information content (AvgIpc) is 2.95. The summed E-state index contributed by atoms with van der Waals surface area (Å²) in [7, 11) is 0. The highest BCUT2D eigenvalue weighted by atomic mass is 35.5. The van der Waals surface area contributed by atoms with Crippen molar-refractivity contribution in [2.45, 2.75) is 25.9 Å². The molecule has 0 radical (unpaired) electrons. The fraction of sp³-hybridized carbons (Fsp3) is 0.500. The van der Waals surface area contributed by atoms with Gasteiger partial charge in [0, 0.05) is 13.0 Å². The predicted octanol–water partition coefficient (Wildman–Crippen LogP) is 1.59. The Morgan fingerprint density at radius 1 is 1.53 bits per heavy atom. The summed E-state index contributed by atoms with van der Waals surface area (Å²) in [6.45, 7) is 1.07. The minimum absolute atomic E-state index is 0.133. The van der Waals surface area contributed by atoms with E-state index in [4.69, 9.17) is 21.1 Å². The van der Waals surface area contributed by atoms with Crippen LogP contribution in [-0.2, 0) is 16.2 Å². The van der Waals surface area contributed by atoms with Gasteiger partial charge in [-0.2, -0.15) is 5.10 Å². The van der Waals surface area contributed by atoms with Gasteiger partial charge in [-0.1, -0.05) is 11.6 Å². The van der Waals surface area contributed by atoms with Gasteiger partial charge >= 0.3 is 0 Å². The number of rotatable bonds is 3. The van der Waals surface area contributed by atoms with Crippen molar-refractivity contribution in [2.75, 3.05) is 6.61 Å². The van der Waals surface area contributed by atoms with E-state index in [0.29, 0.717) is 17.5 Å². The number of hydrogen-bond acceptors (Lipinski definition) is 5. The first kappa shape index (κ1) is 10.9. The number of halogens is 1. The molecule has 0 saturated carbocycles. The fourth-order valence-electron chi connectivity index (χ4n) is 1.79. The molecule has 7 heteroatoms. The minimum atomic E-state index is -0.133. The molecule has 0 bridgehead atoms. The molecular weight excluding hydrogens is 244 g/mol. The van der Waals surface area contributed by atoms with Crippen molar-refractivity contribution >= 4 is 22.6 Å². The van der Waals surface area contributed by atoms with Crippen LogP contribution in [0.25, 0.3) is 11.0 Å². The Kier molecular flexibility index (Phi) is 2.92. The molecule has 2 aromatic rings. The second kappa shape index (κ2) is 4.56. The van der Waals surface area contributed by atoms with Gasteiger partial charge < -0.3 is 9.47 Å². The van der Waals surface area contributed by atoms with Gasteiger partial charge in [-0.25, -0.2) is 14.6 Å². The maximum Gasteiger partial charge on any atom is 0.165 e. The number of hydrogen-bond donors (Lipinski definition) is 0. The minimum Gasteiger partial charge on any atom is -0.353 e. The Balaban J connectivity index is 1.78. The molecule has 1 aliphatic rings. The number of nitrogens with zero attached hydrogens (tertiary/aromatic N) is 4. The van der Waals surface area contributed by atoms with Crippen LogP contribution in [0.15, 0.2) is 12.5 Å². The van der Waals surface area contributed by atoms with Crippen LogP contribution in [0, 0.1) is 0 Å². The Labute approximate surface area is 103 Å². The molecule has 3 heterocycles. The second-order valence-corrected chi connectivity index (χ2v) is 4.14. The van der Waals surface area contributed by atoms with Gasteiger partial charge in [0.2, 0.25) is 0 Å². The zero-order valence-corrected chi connectivity index (χ0v) is 9.80. The molecule has 0 N–H and O–H groups in total. The number of fused-ring (bicyclic) bond motifs is 1. The van der Waals surface area contributed by atoms with E-state index in [9.17, 15) is 0 Å². The topological polar surface area (TPSA) is 62.1 Å². The lowest BCUT2D eigenvalue weighted by Gasteiger charge is -2.10. The number of aromatic nitrogens is 4. The standard InChI is InChI=1S/C10H11ClN4O2/c11-9-7-4-14-15(10(7)13-5-12-9)6-17-8-2-1-3-16-8/h4-5,8H,1-3,6H2. The molecule has 0 aromatic carbocycles. The first-order chi connectivity index (χ1) is 8.34. The van der Waals surface area contributed by atoms with Gasteiger partial charge in [-0.05, 0) is 6.42 Å². The van der Waals surface area contributed by atoms with Gasteiger partial charge in [0.1, 0.15) is 18.2 Å². The third kappa shape index (κ3) is 2.11. The Morgan fingerprint density at radius 3 is 3.29 bits per heavy atom. The molecule has 1 unspecified atom stereocenters. The van der Waals surface area contributed by atoms with Gasteiger partial charge in [0.05, 0.1) is 11.6 Å². The van der Waals surface area contributed by atoms with Crippen LogP contribution in [0.4, 0.5) is 0 Å². The molecule has 0 aliphatic carbocycles. The Morgan fingerprint density at radius 2 is 2.47 bits per heavy atom. The summed E-state index contributed by atoms with van der Waals surface area (Å²) in [5, 5.41) is 5.29. The Bertz CT molecular complexity index is 524. The molecule has 1 saturated heterocycles. The van der Waals surface area contributed by atoms with E-state index in [1.165, 1.54) is 6.33 Å². The summed E-state index contributed by atoms with van der Waals surface area (Å²) in [5.41, 5.74) is 0.669. The van der Waals surface area contributed by atoms with E-state index in [1.54, 1.807) is 10.9 Å². The molecule has 2 aromatic heterocycles. The SMILES string of the molecule is Clc1ncnc2c1cnn2COC1CCCO1. The summed E-state index contributed by atoms with van der Waals surface area (Å²) in [5.74, 6) is 0. The van der Waals surface area contributed by atoms with E-state index in [2.05, 4.69) is 15.1 Å². The fourth-order valence-corrected chi connectivity index (χ4v) is 1.97. The third-order valence-electron chi connectivity index (χ3n) is 2.66. The van der Waals surface area contributed by atoms with Crippen LogP contribution >= 0.6 is 11.6 Å². The molecular formula is C10H11ClN4O2. The zero-order chi connectivity index (χ0) is 11.7. The summed E-state index contributed by atoms with van der Waals surface area (Å²) in [6.07, 6.45) is 4.88. The molecule has 0 spiro atoms. The molecule has 17 heavy (non-hydrogen) atoms. The van der Waals surface area contributed by atoms with Crippen molar-refractivity contribution in [2.24, 2.45) is 0 Å². The summed E-state index contributed by atoms with van der Waals surface area (Å²) in [4.78, 5) is 8.03. The van der Waals surface area contributed by atoms with Crippen molar-refractivity contribution in [3.05, 3.63) is 17.7 Å². The number of ether oxygens (including phenoxy) is 2. The van der Waals surface area contributed by atoms with E-state index in [-0.39, 0.29) is 6.29 Å². The van der Waals surface area contributed by atoms with E-state index in [1.807, 2.05) is 0 Å². The monoisotopic (exact) mass is 254 g/mol. The average molecular weight is 255 g/mol. The van der Waals surface area contributed by atoms with Crippen LogP contribution in [-0.4, -0.2) is 32.6 Å². The van der Waals surface area contributed by atoms with Crippen LogP contribution in [0.3, 0.4) is 0 Å². The van der Waals surface area contributed by atoms with Crippen LogP contribution in [0.2, 0.25) is 5.15 Å². The van der Waals surface area contributed by atoms with Gasteiger partial charge in [0.15, 0.2) is 11.9 Å². The molecule has 1 fully saturated rings. The van der Waals surface area contributed by atoms with Gasteiger partial charge in [-0.3, -0.25) is 0 Å². The normalized spacial score (nSPS) is 20.2. The highest BCUT2D eigenvalue weighted by Crippen LogP contribution is 2.19. The smallest absolute Gasteiger partial charge is 0.165 e. The summed E-state index contributed by atoms with van der Waals surface area (Å²) in [6, 6.07) is 0. The van der Waals surface area contributed by atoms with Crippen LogP contribution in [0.1, 0.15) is 12.8 Å². The van der Waals surface area contributed by atoms with E-state index >= 15 is 0 Å². The lowest BCUT2D eigenvalue weighted by Crippen LogP contribution is -2.14. The lowest BCUT2D eigenvalue weighted by molar-refractivity contribution is -0.136. The lowest BCUT2D eigenvalue weighted by atomic mass is 10.4. The van der Waals surface area contributed by atoms with Crippen molar-refractivity contribution in [3.63, 3.8) is 0 Å². The van der Waals surface area contributed by atoms with Crippen LogP contribution in [0.5, 0.6) is 0 Å². The quantitative estimate of drug-likeness (QED) is 0.779. The van der Waals surface area contributed by atoms with Gasteiger partial charge in [-0.15, -0.1) is 0 Å². The molecule has 6 nitrogen and oxygen atoms in total. The molecule has 3 rings (SSSR count). The molecule has 1 atom stereocenters. The summed E-state index contributed by atoms with van der Waals surface area (Å²) < 4.78 is 12.6. The van der Waals surface area contributed by atoms with Crippen LogP contribution < -0.4 is 0 Å². The molecule has 90 valence electrons. The highest BCUT2D eigenvalue weighted by Gasteiger charge is 2.16. The van der Waals surface area contributed by atoms with E-state index < -0.39 is 0 Å². The molecule has 0 amide bonds. The molecule has 1 aliphatic heterocycles. The van der Waals surface area contributed by atoms with Crippen molar-refractivity contribution in [3.8, 4) is 0 Å². The van der Waals surface area contributed by atoms with Crippen molar-refractivity contribution in [1.29, 1.82) is 0 Å². The highest BCUT2D eigenvalue weighted by molar-refractivity contribution is 6.33. The van der Waals surface area contributed by atoms with Crippen molar-refractivity contribution in [1.82, 2.24) is 19.7 Å². The van der Waals surface area contributed by atoms with Crippen molar-refractivity contribution < 1.29 is 9.47 Å². The zero-order valence-electron chi connectivity index (χ0n) is 9.04. The largest absolute Gasteiger partial charge is 0.353 e. The Hall–Kier alpha value is -1.24. The summed E-state index contributed by atoms with van der Waals surface area (Å²) >= 11 is 5.93.